The Hall–Kier alpha value is -2.98. The average Bonchev–Trinajstić information content (AvgIpc) is 3.80. The number of nitrogens with zero attached hydrogens (tertiary/aromatic N) is 5. The number of anilines is 1. The Labute approximate surface area is 228 Å². The average molecular weight is 556 g/mol. The summed E-state index contributed by atoms with van der Waals surface area (Å²) in [6, 6.07) is 3.12. The molecule has 4 fully saturated rings. The molecule has 204 valence electrons. The summed E-state index contributed by atoms with van der Waals surface area (Å²) < 4.78 is 43.2. The van der Waals surface area contributed by atoms with E-state index in [0.29, 0.717) is 34.8 Å². The third kappa shape index (κ3) is 3.67. The number of hydrogen-bond donors (Lipinski definition) is 1. The number of aromatic nitrogens is 3. The molecular weight excluding hydrogens is 528 g/mol. The normalized spacial score (nSPS) is 29.2. The zero-order chi connectivity index (χ0) is 26.6. The van der Waals surface area contributed by atoms with Gasteiger partial charge in [0.05, 0.1) is 11.6 Å². The number of ether oxygens (including phenoxy) is 2. The third-order valence-electron chi connectivity index (χ3n) is 9.09. The molecule has 8 rings (SSSR count). The maximum Gasteiger partial charge on any atom is 0.319 e. The molecule has 2 aliphatic carbocycles. The van der Waals surface area contributed by atoms with Crippen molar-refractivity contribution in [3.8, 4) is 28.9 Å². The molecule has 1 N–H and O–H groups in total. The number of pyridine rings is 1. The van der Waals surface area contributed by atoms with Crippen molar-refractivity contribution in [3.05, 3.63) is 28.5 Å². The van der Waals surface area contributed by atoms with Crippen molar-refractivity contribution in [1.29, 1.82) is 0 Å². The Morgan fingerprint density at radius 2 is 2.10 bits per heavy atom. The summed E-state index contributed by atoms with van der Waals surface area (Å²) >= 11 is 6.53. The Morgan fingerprint density at radius 3 is 2.92 bits per heavy atom. The minimum absolute atomic E-state index is 0.0335. The van der Waals surface area contributed by atoms with Crippen molar-refractivity contribution in [3.63, 3.8) is 0 Å². The Kier molecular flexibility index (Phi) is 5.06. The van der Waals surface area contributed by atoms with Gasteiger partial charge in [0.25, 0.3) is 0 Å². The van der Waals surface area contributed by atoms with E-state index in [1.54, 1.807) is 0 Å². The van der Waals surface area contributed by atoms with Crippen LogP contribution >= 0.6 is 11.6 Å². The Balaban J connectivity index is 1.28. The SMILES string of the molecule is CN1c2nc(OC[C@@]34CCCN3C[C@H](F)C4)nc3c(F)c(-c4cc(O)cc(Cl)c4C4CC4)nc(c23)OC2CC21. The minimum atomic E-state index is -0.880. The number of fused-ring (bicyclic) bond motifs is 2. The molecule has 2 aromatic heterocycles. The van der Waals surface area contributed by atoms with Gasteiger partial charge >= 0.3 is 6.01 Å². The predicted octanol–water partition coefficient (Wildman–Crippen LogP) is 4.99. The van der Waals surface area contributed by atoms with Gasteiger partial charge in [-0.25, -0.2) is 13.8 Å². The molecule has 2 saturated carbocycles. The van der Waals surface area contributed by atoms with E-state index < -0.39 is 12.0 Å². The summed E-state index contributed by atoms with van der Waals surface area (Å²) in [4.78, 5) is 18.0. The molecule has 1 aromatic carbocycles. The van der Waals surface area contributed by atoms with Crippen molar-refractivity contribution in [2.75, 3.05) is 31.6 Å². The van der Waals surface area contributed by atoms with Crippen LogP contribution in [0, 0.1) is 5.82 Å². The van der Waals surface area contributed by atoms with Gasteiger partial charge in [0.15, 0.2) is 5.82 Å². The van der Waals surface area contributed by atoms with Crippen LogP contribution in [-0.2, 0) is 0 Å². The molecule has 3 aromatic rings. The molecule has 2 unspecified atom stereocenters. The van der Waals surface area contributed by atoms with Gasteiger partial charge < -0.3 is 19.5 Å². The van der Waals surface area contributed by atoms with Crippen molar-refractivity contribution in [2.24, 2.45) is 0 Å². The highest BCUT2D eigenvalue weighted by molar-refractivity contribution is 6.32. The second kappa shape index (κ2) is 8.27. The zero-order valence-corrected chi connectivity index (χ0v) is 22.2. The second-order valence-electron chi connectivity index (χ2n) is 11.7. The number of halogens is 3. The van der Waals surface area contributed by atoms with Crippen molar-refractivity contribution >= 4 is 28.3 Å². The number of hydrogen-bond acceptors (Lipinski definition) is 8. The number of alkyl halides is 1. The third-order valence-corrected chi connectivity index (χ3v) is 9.41. The van der Waals surface area contributed by atoms with Crippen molar-refractivity contribution in [1.82, 2.24) is 19.9 Å². The molecule has 4 atom stereocenters. The van der Waals surface area contributed by atoms with E-state index in [4.69, 9.17) is 26.1 Å². The van der Waals surface area contributed by atoms with Gasteiger partial charge in [-0.15, -0.1) is 0 Å². The number of aromatic hydroxyl groups is 1. The molecule has 5 aliphatic rings. The lowest BCUT2D eigenvalue weighted by molar-refractivity contribution is 0.107. The standard InChI is InChI=1S/C28H28ClF2N5O3/c1-35-18-9-19(18)39-26-21-24(22(31)23(32-26)16-7-15(37)8-17(29)20(16)13-3-4-13)33-27(34-25(21)35)38-12-28-5-2-6-36(28)11-14(30)10-28/h7-8,13-14,18-19,37H,2-6,9-12H2,1H3/t14-,18?,19?,28+/m1/s1. The smallest absolute Gasteiger partial charge is 0.319 e. The summed E-state index contributed by atoms with van der Waals surface area (Å²) in [7, 11) is 1.91. The highest BCUT2D eigenvalue weighted by Crippen LogP contribution is 2.51. The van der Waals surface area contributed by atoms with E-state index in [2.05, 4.69) is 14.9 Å². The highest BCUT2D eigenvalue weighted by Gasteiger charge is 2.50. The lowest BCUT2D eigenvalue weighted by Gasteiger charge is -2.31. The predicted molar refractivity (Wildman–Crippen MR) is 141 cm³/mol. The molecule has 39 heavy (non-hydrogen) atoms. The molecule has 3 aliphatic heterocycles. The first-order valence-corrected chi connectivity index (χ1v) is 14.0. The van der Waals surface area contributed by atoms with Gasteiger partial charge in [0, 0.05) is 37.0 Å². The van der Waals surface area contributed by atoms with Crippen molar-refractivity contribution in [2.45, 2.75) is 68.3 Å². The monoisotopic (exact) mass is 555 g/mol. The topological polar surface area (TPSA) is 83.8 Å². The second-order valence-corrected chi connectivity index (χ2v) is 12.1. The van der Waals surface area contributed by atoms with Gasteiger partial charge in [-0.2, -0.15) is 9.97 Å². The van der Waals surface area contributed by atoms with E-state index in [9.17, 15) is 9.50 Å². The summed E-state index contributed by atoms with van der Waals surface area (Å²) in [6.45, 7) is 1.50. The van der Waals surface area contributed by atoms with Gasteiger partial charge in [-0.3, -0.25) is 4.90 Å². The van der Waals surface area contributed by atoms with E-state index in [-0.39, 0.29) is 59.1 Å². The van der Waals surface area contributed by atoms with Crippen LogP contribution in [0.2, 0.25) is 5.02 Å². The number of benzene rings is 1. The summed E-state index contributed by atoms with van der Waals surface area (Å²) in [6.07, 6.45) is 3.96. The first-order valence-electron chi connectivity index (χ1n) is 13.7. The first kappa shape index (κ1) is 23.9. The van der Waals surface area contributed by atoms with Crippen LogP contribution in [0.3, 0.4) is 0 Å². The van der Waals surface area contributed by atoms with Gasteiger partial charge in [-0.1, -0.05) is 11.6 Å². The Morgan fingerprint density at radius 1 is 1.26 bits per heavy atom. The van der Waals surface area contributed by atoms with E-state index in [1.165, 1.54) is 12.1 Å². The molecular formula is C28H28ClF2N5O3. The van der Waals surface area contributed by atoms with Crippen LogP contribution < -0.4 is 14.4 Å². The van der Waals surface area contributed by atoms with E-state index in [0.717, 1.165) is 44.2 Å². The van der Waals surface area contributed by atoms with E-state index >= 15 is 4.39 Å². The quantitative estimate of drug-likeness (QED) is 0.471. The molecule has 2 saturated heterocycles. The minimum Gasteiger partial charge on any atom is -0.508 e. The number of phenolic OH excluding ortho intramolecular Hbond substituents is 1. The molecule has 8 nitrogen and oxygen atoms in total. The van der Waals surface area contributed by atoms with Crippen LogP contribution in [-0.4, -0.2) is 75.6 Å². The maximum absolute atomic E-state index is 16.5. The molecule has 0 spiro atoms. The Bertz CT molecular complexity index is 1540. The fraction of sp³-hybridized carbons (Fsp3) is 0.536. The van der Waals surface area contributed by atoms with Crippen LogP contribution in [0.5, 0.6) is 17.6 Å². The van der Waals surface area contributed by atoms with Gasteiger partial charge in [0.1, 0.15) is 47.0 Å². The fourth-order valence-electron chi connectivity index (χ4n) is 6.91. The van der Waals surface area contributed by atoms with Crippen LogP contribution in [0.4, 0.5) is 14.6 Å². The zero-order valence-electron chi connectivity index (χ0n) is 21.5. The fourth-order valence-corrected chi connectivity index (χ4v) is 7.28. The largest absolute Gasteiger partial charge is 0.508 e. The number of rotatable bonds is 5. The van der Waals surface area contributed by atoms with Crippen molar-refractivity contribution < 1.29 is 23.4 Å². The molecule has 0 bridgehead atoms. The first-order chi connectivity index (χ1) is 18.8. The molecule has 0 radical (unpaired) electrons. The van der Waals surface area contributed by atoms with Gasteiger partial charge in [0.2, 0.25) is 5.88 Å². The van der Waals surface area contributed by atoms with Crippen LogP contribution in [0.1, 0.15) is 50.0 Å². The number of phenols is 1. The lowest BCUT2D eigenvalue weighted by Crippen LogP contribution is -2.43. The summed E-state index contributed by atoms with van der Waals surface area (Å²) in [5, 5.41) is 11.1. The molecule has 5 heterocycles. The molecule has 0 amide bonds. The number of likely N-dealkylation sites (N-methyl/N-ethyl adjacent to an activating group) is 1. The van der Waals surface area contributed by atoms with Crippen LogP contribution in [0.25, 0.3) is 22.2 Å². The van der Waals surface area contributed by atoms with E-state index in [1.807, 2.05) is 11.9 Å². The lowest BCUT2D eigenvalue weighted by atomic mass is 9.95. The maximum atomic E-state index is 16.5. The summed E-state index contributed by atoms with van der Waals surface area (Å²) in [5.41, 5.74) is 0.907. The van der Waals surface area contributed by atoms with Crippen LogP contribution in [0.15, 0.2) is 12.1 Å². The summed E-state index contributed by atoms with van der Waals surface area (Å²) in [5.74, 6) is 0.231. The van der Waals surface area contributed by atoms with Gasteiger partial charge in [-0.05, 0) is 55.8 Å². The molecule has 11 heteroatoms. The highest BCUT2D eigenvalue weighted by atomic mass is 35.5.